The van der Waals surface area contributed by atoms with Gasteiger partial charge in [-0.1, -0.05) is 74.5 Å². The van der Waals surface area contributed by atoms with E-state index in [4.69, 9.17) is 0 Å². The minimum Gasteiger partial charge on any atom is -0.303 e. The van der Waals surface area contributed by atoms with E-state index in [9.17, 15) is 4.79 Å². The molecule has 0 bridgehead atoms. The first-order valence-corrected chi connectivity index (χ1v) is 7.52. The molecule has 2 rings (SSSR count). The molecule has 0 radical (unpaired) electrons. The van der Waals surface area contributed by atoms with Gasteiger partial charge in [0.15, 0.2) is 5.78 Å². The molecule has 2 aromatic carbocycles. The van der Waals surface area contributed by atoms with Crippen LogP contribution < -0.4 is 5.32 Å². The van der Waals surface area contributed by atoms with Gasteiger partial charge in [-0.25, -0.2) is 0 Å². The first kappa shape index (κ1) is 15.5. The highest BCUT2D eigenvalue weighted by Crippen LogP contribution is 2.09. The first-order valence-electron chi connectivity index (χ1n) is 7.52. The summed E-state index contributed by atoms with van der Waals surface area (Å²) in [6.07, 6.45) is 0.741. The second kappa shape index (κ2) is 7.75. The lowest BCUT2D eigenvalue weighted by molar-refractivity contribution is -0.124. The van der Waals surface area contributed by atoms with Crippen molar-refractivity contribution in [1.29, 1.82) is 0 Å². The maximum atomic E-state index is 12.4. The van der Waals surface area contributed by atoms with Crippen molar-refractivity contribution in [1.82, 2.24) is 5.32 Å². The van der Waals surface area contributed by atoms with E-state index >= 15 is 0 Å². The Morgan fingerprint density at radius 2 is 1.43 bits per heavy atom. The van der Waals surface area contributed by atoms with Crippen molar-refractivity contribution in [3.8, 4) is 0 Å². The monoisotopic (exact) mass is 281 g/mol. The molecular formula is C19H23NO. The maximum absolute atomic E-state index is 12.4. The lowest BCUT2D eigenvalue weighted by Gasteiger charge is -2.20. The van der Waals surface area contributed by atoms with Crippen molar-refractivity contribution >= 4 is 5.78 Å². The van der Waals surface area contributed by atoms with E-state index in [0.717, 1.165) is 13.0 Å². The number of ketones is 1. The summed E-state index contributed by atoms with van der Waals surface area (Å²) in [6, 6.07) is 20.2. The molecule has 0 aliphatic rings. The standard InChI is InChI=1S/C19H23NO/c1-15(2)19(21)18(13-16-9-5-3-6-10-16)20-14-17-11-7-4-8-12-17/h3-12,15,18,20H,13-14H2,1-2H3. The third-order valence-electron chi connectivity index (χ3n) is 3.59. The quantitative estimate of drug-likeness (QED) is 0.840. The Balaban J connectivity index is 2.04. The van der Waals surface area contributed by atoms with Crippen LogP contribution in [0.4, 0.5) is 0 Å². The van der Waals surface area contributed by atoms with Crippen LogP contribution in [0, 0.1) is 5.92 Å². The van der Waals surface area contributed by atoms with E-state index < -0.39 is 0 Å². The van der Waals surface area contributed by atoms with E-state index in [1.165, 1.54) is 11.1 Å². The molecule has 0 aromatic heterocycles. The molecule has 0 saturated heterocycles. The van der Waals surface area contributed by atoms with Crippen molar-refractivity contribution in [2.75, 3.05) is 0 Å². The topological polar surface area (TPSA) is 29.1 Å². The number of hydrogen-bond acceptors (Lipinski definition) is 2. The molecule has 0 aliphatic heterocycles. The van der Waals surface area contributed by atoms with Gasteiger partial charge in [-0.2, -0.15) is 0 Å². The normalized spacial score (nSPS) is 12.3. The Kier molecular flexibility index (Phi) is 5.70. The highest BCUT2D eigenvalue weighted by molar-refractivity contribution is 5.86. The van der Waals surface area contributed by atoms with Crippen LogP contribution in [0.2, 0.25) is 0 Å². The first-order chi connectivity index (χ1) is 10.2. The summed E-state index contributed by atoms with van der Waals surface area (Å²) in [5, 5.41) is 3.42. The Hall–Kier alpha value is -1.93. The van der Waals surface area contributed by atoms with Gasteiger partial charge in [0, 0.05) is 12.5 Å². The zero-order valence-corrected chi connectivity index (χ0v) is 12.8. The van der Waals surface area contributed by atoms with Crippen LogP contribution in [0.15, 0.2) is 60.7 Å². The summed E-state index contributed by atoms with van der Waals surface area (Å²) in [4.78, 5) is 12.4. The van der Waals surface area contributed by atoms with Crippen molar-refractivity contribution in [3.05, 3.63) is 71.8 Å². The van der Waals surface area contributed by atoms with Crippen LogP contribution in [0.5, 0.6) is 0 Å². The fourth-order valence-corrected chi connectivity index (χ4v) is 2.36. The second-order valence-corrected chi connectivity index (χ2v) is 5.67. The smallest absolute Gasteiger partial charge is 0.152 e. The summed E-state index contributed by atoms with van der Waals surface area (Å²) < 4.78 is 0. The van der Waals surface area contributed by atoms with Crippen LogP contribution in [0.1, 0.15) is 25.0 Å². The van der Waals surface area contributed by atoms with Crippen LogP contribution in [0.25, 0.3) is 0 Å². The second-order valence-electron chi connectivity index (χ2n) is 5.67. The number of Topliss-reactive ketones (excluding diaryl/α,β-unsaturated/α-hetero) is 1. The summed E-state index contributed by atoms with van der Waals surface area (Å²) in [7, 11) is 0. The van der Waals surface area contributed by atoms with Gasteiger partial charge < -0.3 is 5.32 Å². The molecule has 21 heavy (non-hydrogen) atoms. The number of rotatable bonds is 7. The van der Waals surface area contributed by atoms with Gasteiger partial charge in [0.05, 0.1) is 6.04 Å². The SMILES string of the molecule is CC(C)C(=O)C(Cc1ccccc1)NCc1ccccc1. The number of hydrogen-bond donors (Lipinski definition) is 1. The molecule has 0 fully saturated rings. The van der Waals surface area contributed by atoms with Gasteiger partial charge in [0.1, 0.15) is 0 Å². The van der Waals surface area contributed by atoms with E-state index in [1.807, 2.05) is 50.2 Å². The summed E-state index contributed by atoms with van der Waals surface area (Å²) >= 11 is 0. The van der Waals surface area contributed by atoms with Gasteiger partial charge in [-0.15, -0.1) is 0 Å². The van der Waals surface area contributed by atoms with E-state index in [-0.39, 0.29) is 17.7 Å². The highest BCUT2D eigenvalue weighted by atomic mass is 16.1. The van der Waals surface area contributed by atoms with Gasteiger partial charge in [-0.05, 0) is 17.5 Å². The number of carbonyl (C=O) groups excluding carboxylic acids is 1. The van der Waals surface area contributed by atoms with Crippen molar-refractivity contribution in [2.24, 2.45) is 5.92 Å². The molecule has 2 nitrogen and oxygen atoms in total. The Bertz CT molecular complexity index is 548. The average Bonchev–Trinajstić information content (AvgIpc) is 2.52. The lowest BCUT2D eigenvalue weighted by atomic mass is 9.95. The fourth-order valence-electron chi connectivity index (χ4n) is 2.36. The molecule has 110 valence electrons. The molecule has 0 amide bonds. The Morgan fingerprint density at radius 3 is 1.95 bits per heavy atom. The third-order valence-corrected chi connectivity index (χ3v) is 3.59. The molecule has 2 heteroatoms. The van der Waals surface area contributed by atoms with E-state index in [2.05, 4.69) is 29.6 Å². The Morgan fingerprint density at radius 1 is 0.905 bits per heavy atom. The molecule has 0 saturated carbocycles. The molecule has 0 heterocycles. The molecule has 0 aliphatic carbocycles. The minimum atomic E-state index is -0.132. The summed E-state index contributed by atoms with van der Waals surface area (Å²) in [6.45, 7) is 4.64. The van der Waals surface area contributed by atoms with Crippen molar-refractivity contribution in [3.63, 3.8) is 0 Å². The third kappa shape index (κ3) is 4.83. The maximum Gasteiger partial charge on any atom is 0.152 e. The van der Waals surface area contributed by atoms with Crippen molar-refractivity contribution in [2.45, 2.75) is 32.9 Å². The predicted octanol–water partition coefficient (Wildman–Crippen LogP) is 3.61. The molecule has 0 spiro atoms. The van der Waals surface area contributed by atoms with Gasteiger partial charge >= 0.3 is 0 Å². The number of nitrogens with one attached hydrogen (secondary N) is 1. The Labute approximate surface area is 127 Å². The van der Waals surface area contributed by atoms with Gasteiger partial charge in [-0.3, -0.25) is 4.79 Å². The lowest BCUT2D eigenvalue weighted by Crippen LogP contribution is -2.40. The number of carbonyl (C=O) groups is 1. The van der Waals surface area contributed by atoms with E-state index in [1.54, 1.807) is 0 Å². The molecule has 1 unspecified atom stereocenters. The molecule has 1 N–H and O–H groups in total. The van der Waals surface area contributed by atoms with Crippen molar-refractivity contribution < 1.29 is 4.79 Å². The average molecular weight is 281 g/mol. The molecule has 1 atom stereocenters. The zero-order chi connectivity index (χ0) is 15.1. The highest BCUT2D eigenvalue weighted by Gasteiger charge is 2.20. The van der Waals surface area contributed by atoms with Crippen LogP contribution in [0.3, 0.4) is 0 Å². The number of benzene rings is 2. The van der Waals surface area contributed by atoms with Gasteiger partial charge in [0.25, 0.3) is 0 Å². The summed E-state index contributed by atoms with van der Waals surface area (Å²) in [5.41, 5.74) is 2.39. The van der Waals surface area contributed by atoms with Gasteiger partial charge in [0.2, 0.25) is 0 Å². The zero-order valence-electron chi connectivity index (χ0n) is 12.8. The summed E-state index contributed by atoms with van der Waals surface area (Å²) in [5.74, 6) is 0.316. The minimum absolute atomic E-state index is 0.0435. The molecule has 2 aromatic rings. The van der Waals surface area contributed by atoms with Crippen LogP contribution in [-0.2, 0) is 17.8 Å². The largest absolute Gasteiger partial charge is 0.303 e. The van der Waals surface area contributed by atoms with Crippen LogP contribution >= 0.6 is 0 Å². The van der Waals surface area contributed by atoms with E-state index in [0.29, 0.717) is 0 Å². The van der Waals surface area contributed by atoms with Crippen LogP contribution in [-0.4, -0.2) is 11.8 Å². The fraction of sp³-hybridized carbons (Fsp3) is 0.316. The molecular weight excluding hydrogens is 258 g/mol. The predicted molar refractivity (Wildman–Crippen MR) is 87.1 cm³/mol.